The summed E-state index contributed by atoms with van der Waals surface area (Å²) in [5.74, 6) is 0.244. The fourth-order valence-corrected chi connectivity index (χ4v) is 1.84. The van der Waals surface area contributed by atoms with Crippen LogP contribution in [0.25, 0.3) is 10.9 Å². The summed E-state index contributed by atoms with van der Waals surface area (Å²) in [5, 5.41) is 9.03. The normalized spacial score (nSPS) is 14.6. The first kappa shape index (κ1) is 10.6. The highest BCUT2D eigenvalue weighted by Crippen LogP contribution is 2.18. The standard InChI is InChI=1S/C13H11N5/c14-13-16-10-6-2-1-5-9(10)12(17-13)11-7-3-4-8-15-18-11/h1-3,5-8H,4H2,(H2,14,16,17). The molecular formula is C13H11N5. The molecule has 0 bridgehead atoms. The Labute approximate surface area is 104 Å². The van der Waals surface area contributed by atoms with Crippen molar-refractivity contribution >= 4 is 28.8 Å². The van der Waals surface area contributed by atoms with Gasteiger partial charge in [-0.1, -0.05) is 24.3 Å². The molecule has 0 spiro atoms. The molecule has 1 aliphatic heterocycles. The van der Waals surface area contributed by atoms with Gasteiger partial charge in [0.15, 0.2) is 0 Å². The van der Waals surface area contributed by atoms with Crippen LogP contribution in [0.5, 0.6) is 0 Å². The van der Waals surface area contributed by atoms with Crippen LogP contribution in [0.15, 0.2) is 46.6 Å². The molecule has 1 aromatic carbocycles. The summed E-state index contributed by atoms with van der Waals surface area (Å²) in [6.45, 7) is 0. The van der Waals surface area contributed by atoms with Gasteiger partial charge in [-0.2, -0.15) is 5.10 Å². The number of rotatable bonds is 1. The number of anilines is 1. The average molecular weight is 237 g/mol. The van der Waals surface area contributed by atoms with Crippen molar-refractivity contribution in [3.8, 4) is 0 Å². The number of nitrogens with two attached hydrogens (primary N) is 1. The molecule has 0 fully saturated rings. The molecule has 2 N–H and O–H groups in total. The average Bonchev–Trinajstić information content (AvgIpc) is 2.66. The first-order chi connectivity index (χ1) is 8.84. The highest BCUT2D eigenvalue weighted by Gasteiger charge is 2.10. The molecule has 0 saturated carbocycles. The zero-order valence-electron chi connectivity index (χ0n) is 9.61. The van der Waals surface area contributed by atoms with E-state index < -0.39 is 0 Å². The summed E-state index contributed by atoms with van der Waals surface area (Å²) in [6.07, 6.45) is 6.41. The van der Waals surface area contributed by atoms with Crippen LogP contribution < -0.4 is 5.73 Å². The lowest BCUT2D eigenvalue weighted by Gasteiger charge is -2.05. The molecule has 0 amide bonds. The predicted octanol–water partition coefficient (Wildman–Crippen LogP) is 1.95. The zero-order chi connectivity index (χ0) is 12.4. The minimum absolute atomic E-state index is 0.244. The first-order valence-electron chi connectivity index (χ1n) is 5.63. The van der Waals surface area contributed by atoms with Crippen LogP contribution in [0.2, 0.25) is 0 Å². The van der Waals surface area contributed by atoms with Gasteiger partial charge < -0.3 is 5.73 Å². The summed E-state index contributed by atoms with van der Waals surface area (Å²) < 4.78 is 0. The molecule has 5 nitrogen and oxygen atoms in total. The Morgan fingerprint density at radius 3 is 2.94 bits per heavy atom. The fourth-order valence-electron chi connectivity index (χ4n) is 1.84. The minimum Gasteiger partial charge on any atom is -0.368 e. The van der Waals surface area contributed by atoms with E-state index in [0.717, 1.165) is 17.3 Å². The maximum absolute atomic E-state index is 5.73. The van der Waals surface area contributed by atoms with E-state index in [0.29, 0.717) is 11.4 Å². The van der Waals surface area contributed by atoms with Crippen molar-refractivity contribution in [2.75, 3.05) is 5.73 Å². The quantitative estimate of drug-likeness (QED) is 0.823. The van der Waals surface area contributed by atoms with Crippen LogP contribution in [0.3, 0.4) is 0 Å². The highest BCUT2D eigenvalue weighted by molar-refractivity contribution is 6.15. The minimum atomic E-state index is 0.244. The number of nitrogens with zero attached hydrogens (tertiary/aromatic N) is 4. The van der Waals surface area contributed by atoms with Crippen molar-refractivity contribution < 1.29 is 0 Å². The van der Waals surface area contributed by atoms with Crippen molar-refractivity contribution in [2.24, 2.45) is 10.2 Å². The highest BCUT2D eigenvalue weighted by atomic mass is 15.2. The second kappa shape index (κ2) is 4.37. The van der Waals surface area contributed by atoms with Gasteiger partial charge in [0.05, 0.1) is 5.52 Å². The summed E-state index contributed by atoms with van der Waals surface area (Å²) in [4.78, 5) is 8.48. The second-order valence-corrected chi connectivity index (χ2v) is 3.87. The topological polar surface area (TPSA) is 76.5 Å². The van der Waals surface area contributed by atoms with Crippen LogP contribution in [0, 0.1) is 0 Å². The van der Waals surface area contributed by atoms with Crippen LogP contribution in [-0.4, -0.2) is 21.9 Å². The molecule has 5 heteroatoms. The number of hydrogen-bond donors (Lipinski definition) is 1. The lowest BCUT2D eigenvalue weighted by Crippen LogP contribution is -2.06. The van der Waals surface area contributed by atoms with Gasteiger partial charge in [0.25, 0.3) is 0 Å². The molecule has 18 heavy (non-hydrogen) atoms. The molecule has 88 valence electrons. The fraction of sp³-hybridized carbons (Fsp3) is 0.0769. The van der Waals surface area contributed by atoms with Gasteiger partial charge in [-0.3, -0.25) is 0 Å². The van der Waals surface area contributed by atoms with E-state index in [1.165, 1.54) is 0 Å². The van der Waals surface area contributed by atoms with Crippen molar-refractivity contribution in [2.45, 2.75) is 6.42 Å². The number of aromatic nitrogens is 2. The Hall–Kier alpha value is -2.56. The molecular weight excluding hydrogens is 226 g/mol. The van der Waals surface area contributed by atoms with Crippen LogP contribution in [-0.2, 0) is 0 Å². The number of nitrogen functional groups attached to an aromatic ring is 1. The molecule has 0 radical (unpaired) electrons. The van der Waals surface area contributed by atoms with Gasteiger partial charge in [0.1, 0.15) is 11.4 Å². The molecule has 1 aromatic heterocycles. The molecule has 0 unspecified atom stereocenters. The number of allylic oxidation sites excluding steroid dienone is 2. The molecule has 0 atom stereocenters. The third-order valence-electron chi connectivity index (χ3n) is 2.63. The number of benzene rings is 1. The van der Waals surface area contributed by atoms with Gasteiger partial charge in [0.2, 0.25) is 5.95 Å². The Kier molecular flexibility index (Phi) is 2.57. The third kappa shape index (κ3) is 1.86. The van der Waals surface area contributed by atoms with E-state index >= 15 is 0 Å². The Morgan fingerprint density at radius 2 is 2.00 bits per heavy atom. The van der Waals surface area contributed by atoms with Crippen LogP contribution in [0.1, 0.15) is 12.1 Å². The van der Waals surface area contributed by atoms with Gasteiger partial charge in [-0.05, 0) is 12.1 Å². The monoisotopic (exact) mass is 237 g/mol. The molecule has 0 aliphatic carbocycles. The third-order valence-corrected chi connectivity index (χ3v) is 2.63. The summed E-state index contributed by atoms with van der Waals surface area (Å²) in [7, 11) is 0. The number of para-hydroxylation sites is 1. The van der Waals surface area contributed by atoms with Crippen molar-refractivity contribution in [3.05, 3.63) is 42.1 Å². The molecule has 2 heterocycles. The second-order valence-electron chi connectivity index (χ2n) is 3.87. The van der Waals surface area contributed by atoms with E-state index in [1.807, 2.05) is 36.4 Å². The molecule has 1 aliphatic rings. The maximum Gasteiger partial charge on any atom is 0.221 e. The molecule has 3 rings (SSSR count). The van der Waals surface area contributed by atoms with E-state index in [9.17, 15) is 0 Å². The van der Waals surface area contributed by atoms with E-state index in [4.69, 9.17) is 5.73 Å². The lowest BCUT2D eigenvalue weighted by atomic mass is 10.1. The van der Waals surface area contributed by atoms with Crippen molar-refractivity contribution in [1.82, 2.24) is 9.97 Å². The van der Waals surface area contributed by atoms with E-state index in [1.54, 1.807) is 6.21 Å². The Bertz CT molecular complexity index is 685. The Balaban J connectivity index is 2.28. The number of fused-ring (bicyclic) bond motifs is 1. The maximum atomic E-state index is 5.73. The first-order valence-corrected chi connectivity index (χ1v) is 5.63. The lowest BCUT2D eigenvalue weighted by molar-refractivity contribution is 1.19. The predicted molar refractivity (Wildman–Crippen MR) is 72.7 cm³/mol. The summed E-state index contributed by atoms with van der Waals surface area (Å²) in [6, 6.07) is 7.72. The molecule has 2 aromatic rings. The van der Waals surface area contributed by atoms with Crippen molar-refractivity contribution in [1.29, 1.82) is 0 Å². The summed E-state index contributed by atoms with van der Waals surface area (Å²) >= 11 is 0. The van der Waals surface area contributed by atoms with Gasteiger partial charge in [-0.15, -0.1) is 5.10 Å². The smallest absolute Gasteiger partial charge is 0.221 e. The van der Waals surface area contributed by atoms with Crippen LogP contribution >= 0.6 is 0 Å². The van der Waals surface area contributed by atoms with E-state index in [2.05, 4.69) is 20.2 Å². The van der Waals surface area contributed by atoms with Crippen LogP contribution in [0.4, 0.5) is 5.95 Å². The number of hydrogen-bond acceptors (Lipinski definition) is 5. The van der Waals surface area contributed by atoms with Gasteiger partial charge >= 0.3 is 0 Å². The Morgan fingerprint density at radius 1 is 1.11 bits per heavy atom. The zero-order valence-corrected chi connectivity index (χ0v) is 9.61. The summed E-state index contributed by atoms with van der Waals surface area (Å²) in [5.41, 5.74) is 7.96. The van der Waals surface area contributed by atoms with Crippen molar-refractivity contribution in [3.63, 3.8) is 0 Å². The molecule has 0 saturated heterocycles. The largest absolute Gasteiger partial charge is 0.368 e. The van der Waals surface area contributed by atoms with Gasteiger partial charge in [0, 0.05) is 18.0 Å². The van der Waals surface area contributed by atoms with Gasteiger partial charge in [-0.25, -0.2) is 9.97 Å². The SMILES string of the molecule is Nc1nc(C2=NN=CCC=C2)c2ccccc2n1. The van der Waals surface area contributed by atoms with E-state index in [-0.39, 0.29) is 5.95 Å².